The molecule has 1 saturated heterocycles. The van der Waals surface area contributed by atoms with Gasteiger partial charge in [-0.1, -0.05) is 29.8 Å². The molecule has 2 amide bonds. The summed E-state index contributed by atoms with van der Waals surface area (Å²) in [7, 11) is 1.34. The summed E-state index contributed by atoms with van der Waals surface area (Å²) in [4.78, 5) is 26.0. The normalized spacial score (nSPS) is 16.6. The third kappa shape index (κ3) is 3.82. The quantitative estimate of drug-likeness (QED) is 0.855. The number of hydrogen-bond donors (Lipinski definition) is 1. The second-order valence-corrected chi connectivity index (χ2v) is 6.26. The fourth-order valence-electron chi connectivity index (χ4n) is 3.24. The number of urea groups is 1. The van der Waals surface area contributed by atoms with Gasteiger partial charge in [0.25, 0.3) is 0 Å². The lowest BCUT2D eigenvalue weighted by molar-refractivity contribution is 0.0600. The zero-order valence-corrected chi connectivity index (χ0v) is 14.5. The van der Waals surface area contributed by atoms with Gasteiger partial charge in [0.15, 0.2) is 0 Å². The molecule has 1 aliphatic rings. The standard InChI is InChI=1S/C20H22N2O3/c1-14-5-3-6-16(13-14)18-7-4-12-22(18)20(24)21-17-10-8-15(9-11-17)19(23)25-2/h3,5-6,8-11,13,18H,4,7,12H2,1-2H3,(H,21,24). The number of anilines is 1. The van der Waals surface area contributed by atoms with E-state index >= 15 is 0 Å². The van der Waals surface area contributed by atoms with Gasteiger partial charge in [-0.25, -0.2) is 9.59 Å². The molecule has 5 heteroatoms. The number of rotatable bonds is 3. The summed E-state index contributed by atoms with van der Waals surface area (Å²) in [5.41, 5.74) is 3.49. The second kappa shape index (κ2) is 7.38. The number of likely N-dealkylation sites (tertiary alicyclic amines) is 1. The molecule has 1 atom stereocenters. The van der Waals surface area contributed by atoms with Gasteiger partial charge in [-0.2, -0.15) is 0 Å². The fourth-order valence-corrected chi connectivity index (χ4v) is 3.24. The summed E-state index contributed by atoms with van der Waals surface area (Å²) in [5, 5.41) is 2.92. The fraction of sp³-hybridized carbons (Fsp3) is 0.300. The summed E-state index contributed by atoms with van der Waals surface area (Å²) in [6.45, 7) is 2.80. The molecule has 0 spiro atoms. The molecule has 0 radical (unpaired) electrons. The molecule has 1 aliphatic heterocycles. The highest BCUT2D eigenvalue weighted by molar-refractivity contribution is 5.92. The highest BCUT2D eigenvalue weighted by Crippen LogP contribution is 2.32. The molecular weight excluding hydrogens is 316 g/mol. The van der Waals surface area contributed by atoms with Crippen molar-refractivity contribution in [2.75, 3.05) is 19.0 Å². The van der Waals surface area contributed by atoms with E-state index in [0.717, 1.165) is 19.4 Å². The van der Waals surface area contributed by atoms with Gasteiger partial charge >= 0.3 is 12.0 Å². The van der Waals surface area contributed by atoms with Crippen LogP contribution in [0.5, 0.6) is 0 Å². The summed E-state index contributed by atoms with van der Waals surface area (Å²) >= 11 is 0. The molecule has 2 aromatic rings. The van der Waals surface area contributed by atoms with E-state index in [4.69, 9.17) is 0 Å². The first-order chi connectivity index (χ1) is 12.1. The second-order valence-electron chi connectivity index (χ2n) is 6.26. The van der Waals surface area contributed by atoms with Gasteiger partial charge in [-0.05, 0) is 49.6 Å². The van der Waals surface area contributed by atoms with Crippen LogP contribution in [-0.4, -0.2) is 30.6 Å². The zero-order chi connectivity index (χ0) is 17.8. The Morgan fingerprint density at radius 1 is 1.16 bits per heavy atom. The van der Waals surface area contributed by atoms with Gasteiger partial charge in [0, 0.05) is 12.2 Å². The van der Waals surface area contributed by atoms with Crippen molar-refractivity contribution in [3.8, 4) is 0 Å². The van der Waals surface area contributed by atoms with Crippen molar-refractivity contribution in [3.63, 3.8) is 0 Å². The van der Waals surface area contributed by atoms with Crippen molar-refractivity contribution < 1.29 is 14.3 Å². The molecule has 0 aromatic heterocycles. The van der Waals surface area contributed by atoms with Crippen LogP contribution in [0.3, 0.4) is 0 Å². The smallest absolute Gasteiger partial charge is 0.337 e. The van der Waals surface area contributed by atoms with Crippen molar-refractivity contribution in [1.29, 1.82) is 0 Å². The van der Waals surface area contributed by atoms with Crippen LogP contribution in [0.2, 0.25) is 0 Å². The molecule has 3 rings (SSSR count). The number of nitrogens with zero attached hydrogens (tertiary/aromatic N) is 1. The van der Waals surface area contributed by atoms with Crippen molar-refractivity contribution in [1.82, 2.24) is 4.90 Å². The minimum absolute atomic E-state index is 0.106. The number of methoxy groups -OCH3 is 1. The molecular formula is C20H22N2O3. The third-order valence-electron chi connectivity index (χ3n) is 4.50. The number of benzene rings is 2. The van der Waals surface area contributed by atoms with E-state index in [-0.39, 0.29) is 12.1 Å². The Morgan fingerprint density at radius 3 is 2.60 bits per heavy atom. The summed E-state index contributed by atoms with van der Waals surface area (Å²) in [6, 6.07) is 15.0. The maximum Gasteiger partial charge on any atom is 0.337 e. The van der Waals surface area contributed by atoms with Gasteiger partial charge in [-0.3, -0.25) is 0 Å². The van der Waals surface area contributed by atoms with Crippen LogP contribution in [-0.2, 0) is 4.74 Å². The third-order valence-corrected chi connectivity index (χ3v) is 4.50. The van der Waals surface area contributed by atoms with Crippen LogP contribution in [0.4, 0.5) is 10.5 Å². The van der Waals surface area contributed by atoms with Gasteiger partial charge in [-0.15, -0.1) is 0 Å². The van der Waals surface area contributed by atoms with E-state index in [1.54, 1.807) is 24.3 Å². The Morgan fingerprint density at radius 2 is 1.92 bits per heavy atom. The lowest BCUT2D eigenvalue weighted by Crippen LogP contribution is -2.34. The molecule has 1 heterocycles. The molecule has 130 valence electrons. The molecule has 1 unspecified atom stereocenters. The lowest BCUT2D eigenvalue weighted by Gasteiger charge is -2.25. The average molecular weight is 338 g/mol. The minimum atomic E-state index is -0.392. The molecule has 2 aromatic carbocycles. The van der Waals surface area contributed by atoms with E-state index in [9.17, 15) is 9.59 Å². The largest absolute Gasteiger partial charge is 0.465 e. The van der Waals surface area contributed by atoms with Crippen LogP contribution in [0.15, 0.2) is 48.5 Å². The number of amides is 2. The molecule has 25 heavy (non-hydrogen) atoms. The number of carbonyl (C=O) groups is 2. The van der Waals surface area contributed by atoms with Gasteiger partial charge in [0.05, 0.1) is 18.7 Å². The summed E-state index contributed by atoms with van der Waals surface area (Å²) in [5.74, 6) is -0.392. The Hall–Kier alpha value is -2.82. The first kappa shape index (κ1) is 17.0. The predicted octanol–water partition coefficient (Wildman–Crippen LogP) is 4.15. The Labute approximate surface area is 147 Å². The average Bonchev–Trinajstić information content (AvgIpc) is 3.11. The SMILES string of the molecule is COC(=O)c1ccc(NC(=O)N2CCCC2c2cccc(C)c2)cc1. The molecule has 0 bridgehead atoms. The summed E-state index contributed by atoms with van der Waals surface area (Å²) < 4.78 is 4.68. The van der Waals surface area contributed by atoms with E-state index in [1.165, 1.54) is 18.2 Å². The number of carbonyl (C=O) groups excluding carboxylic acids is 2. The van der Waals surface area contributed by atoms with Crippen molar-refractivity contribution in [2.45, 2.75) is 25.8 Å². The van der Waals surface area contributed by atoms with Gasteiger partial charge in [0.1, 0.15) is 0 Å². The van der Waals surface area contributed by atoms with Gasteiger partial charge < -0.3 is 15.0 Å². The van der Waals surface area contributed by atoms with Crippen LogP contribution >= 0.6 is 0 Å². The molecule has 0 saturated carbocycles. The van der Waals surface area contributed by atoms with Crippen molar-refractivity contribution in [2.24, 2.45) is 0 Å². The van der Waals surface area contributed by atoms with E-state index in [0.29, 0.717) is 11.3 Å². The van der Waals surface area contributed by atoms with Crippen LogP contribution in [0.25, 0.3) is 0 Å². The maximum atomic E-state index is 12.7. The number of nitrogens with one attached hydrogen (secondary N) is 1. The monoisotopic (exact) mass is 338 g/mol. The number of esters is 1. The van der Waals surface area contributed by atoms with Gasteiger partial charge in [0.2, 0.25) is 0 Å². The highest BCUT2D eigenvalue weighted by Gasteiger charge is 2.30. The van der Waals surface area contributed by atoms with E-state index < -0.39 is 5.97 Å². The predicted molar refractivity (Wildman–Crippen MR) is 96.7 cm³/mol. The Bertz CT molecular complexity index is 771. The number of aryl methyl sites for hydroxylation is 1. The molecule has 1 N–H and O–H groups in total. The highest BCUT2D eigenvalue weighted by atomic mass is 16.5. The van der Waals surface area contributed by atoms with E-state index in [1.807, 2.05) is 11.0 Å². The lowest BCUT2D eigenvalue weighted by atomic mass is 10.0. The molecule has 5 nitrogen and oxygen atoms in total. The first-order valence-electron chi connectivity index (χ1n) is 8.41. The first-order valence-corrected chi connectivity index (χ1v) is 8.41. The van der Waals surface area contributed by atoms with Crippen LogP contribution < -0.4 is 5.32 Å². The minimum Gasteiger partial charge on any atom is -0.465 e. The maximum absolute atomic E-state index is 12.7. The van der Waals surface area contributed by atoms with Crippen LogP contribution in [0.1, 0.15) is 40.4 Å². The zero-order valence-electron chi connectivity index (χ0n) is 14.5. The number of hydrogen-bond acceptors (Lipinski definition) is 3. The Kier molecular flexibility index (Phi) is 5.03. The number of ether oxygens (including phenoxy) is 1. The van der Waals surface area contributed by atoms with E-state index in [2.05, 4.69) is 35.2 Å². The molecule has 0 aliphatic carbocycles. The van der Waals surface area contributed by atoms with Crippen molar-refractivity contribution >= 4 is 17.7 Å². The topological polar surface area (TPSA) is 58.6 Å². The molecule has 1 fully saturated rings. The Balaban J connectivity index is 1.71. The van der Waals surface area contributed by atoms with Crippen molar-refractivity contribution in [3.05, 3.63) is 65.2 Å². The van der Waals surface area contributed by atoms with Crippen LogP contribution in [0, 0.1) is 6.92 Å². The summed E-state index contributed by atoms with van der Waals surface area (Å²) in [6.07, 6.45) is 1.96.